The number of nitrogens with zero attached hydrogens (tertiary/aromatic N) is 1. The van der Waals surface area contributed by atoms with E-state index < -0.39 is 8.53 Å². The van der Waals surface area contributed by atoms with Crippen LogP contribution >= 0.6 is 8.53 Å². The Bertz CT molecular complexity index is 358. The SMILES string of the molecule is CO[P@]1OC[C@H]2CN1c1ccccc12. The third-order valence-electron chi connectivity index (χ3n) is 2.79. The lowest BCUT2D eigenvalue weighted by atomic mass is 10.0. The molecule has 0 amide bonds. The average molecular weight is 209 g/mol. The molecule has 0 unspecified atom stereocenters. The Morgan fingerprint density at radius 3 is 3.21 bits per heavy atom. The van der Waals surface area contributed by atoms with Crippen molar-refractivity contribution in [2.45, 2.75) is 5.92 Å². The largest absolute Gasteiger partial charge is 0.321 e. The van der Waals surface area contributed by atoms with Gasteiger partial charge in [0.05, 0.1) is 6.61 Å². The minimum absolute atomic E-state index is 0.542. The summed E-state index contributed by atoms with van der Waals surface area (Å²) in [5.41, 5.74) is 2.71. The van der Waals surface area contributed by atoms with Crippen LogP contribution in [0.4, 0.5) is 5.69 Å². The molecule has 74 valence electrons. The van der Waals surface area contributed by atoms with E-state index in [1.165, 1.54) is 11.3 Å². The minimum atomic E-state index is -0.845. The summed E-state index contributed by atoms with van der Waals surface area (Å²) in [5.74, 6) is 0.542. The molecule has 4 heteroatoms. The predicted molar refractivity (Wildman–Crippen MR) is 56.4 cm³/mol. The molecule has 3 nitrogen and oxygen atoms in total. The van der Waals surface area contributed by atoms with Crippen molar-refractivity contribution in [3.63, 3.8) is 0 Å². The van der Waals surface area contributed by atoms with Crippen LogP contribution in [0.15, 0.2) is 24.3 Å². The average Bonchev–Trinajstić information content (AvgIpc) is 2.55. The Morgan fingerprint density at radius 1 is 1.50 bits per heavy atom. The maximum Gasteiger partial charge on any atom is 0.289 e. The van der Waals surface area contributed by atoms with Crippen LogP contribution in [-0.4, -0.2) is 20.3 Å². The second-order valence-corrected chi connectivity index (χ2v) is 5.14. The molecule has 1 aromatic carbocycles. The molecule has 0 N–H and O–H groups in total. The van der Waals surface area contributed by atoms with E-state index >= 15 is 0 Å². The first-order valence-corrected chi connectivity index (χ1v) is 5.86. The van der Waals surface area contributed by atoms with Gasteiger partial charge >= 0.3 is 0 Å². The van der Waals surface area contributed by atoms with Crippen molar-refractivity contribution in [3.05, 3.63) is 29.8 Å². The molecule has 1 fully saturated rings. The number of hydrogen-bond acceptors (Lipinski definition) is 3. The highest BCUT2D eigenvalue weighted by Gasteiger charge is 2.39. The van der Waals surface area contributed by atoms with Gasteiger partial charge in [-0.25, -0.2) is 0 Å². The zero-order chi connectivity index (χ0) is 9.54. The summed E-state index contributed by atoms with van der Waals surface area (Å²) in [6.07, 6.45) is 0. The van der Waals surface area contributed by atoms with E-state index in [1.54, 1.807) is 7.11 Å². The molecule has 0 spiro atoms. The van der Waals surface area contributed by atoms with E-state index in [0.29, 0.717) is 5.92 Å². The fraction of sp³-hybridized carbons (Fsp3) is 0.400. The Balaban J connectivity index is 2.05. The van der Waals surface area contributed by atoms with E-state index in [9.17, 15) is 0 Å². The van der Waals surface area contributed by atoms with Gasteiger partial charge in [-0.3, -0.25) is 0 Å². The summed E-state index contributed by atoms with van der Waals surface area (Å²) in [7, 11) is 0.871. The smallest absolute Gasteiger partial charge is 0.289 e. The van der Waals surface area contributed by atoms with E-state index in [2.05, 4.69) is 28.9 Å². The van der Waals surface area contributed by atoms with Gasteiger partial charge < -0.3 is 13.7 Å². The lowest BCUT2D eigenvalue weighted by Crippen LogP contribution is -2.25. The number of anilines is 1. The molecule has 2 aliphatic rings. The lowest BCUT2D eigenvalue weighted by Gasteiger charge is -2.30. The van der Waals surface area contributed by atoms with E-state index in [0.717, 1.165) is 13.2 Å². The maximum atomic E-state index is 5.67. The van der Waals surface area contributed by atoms with Gasteiger partial charge in [-0.15, -0.1) is 0 Å². The molecule has 1 saturated heterocycles. The molecule has 2 atom stereocenters. The lowest BCUT2D eigenvalue weighted by molar-refractivity contribution is 0.250. The van der Waals surface area contributed by atoms with Gasteiger partial charge in [-0.2, -0.15) is 0 Å². The van der Waals surface area contributed by atoms with Gasteiger partial charge in [-0.1, -0.05) is 18.2 Å². The van der Waals surface area contributed by atoms with E-state index in [-0.39, 0.29) is 0 Å². The zero-order valence-corrected chi connectivity index (χ0v) is 8.91. The van der Waals surface area contributed by atoms with Crippen LogP contribution in [-0.2, 0) is 9.05 Å². The van der Waals surface area contributed by atoms with E-state index in [1.807, 2.05) is 0 Å². The van der Waals surface area contributed by atoms with Gasteiger partial charge in [0, 0.05) is 25.3 Å². The molecular weight excluding hydrogens is 197 g/mol. The van der Waals surface area contributed by atoms with Crippen molar-refractivity contribution in [1.82, 2.24) is 0 Å². The highest BCUT2D eigenvalue weighted by molar-refractivity contribution is 7.49. The Hall–Kier alpha value is -0.630. The number of rotatable bonds is 1. The molecule has 0 radical (unpaired) electrons. The van der Waals surface area contributed by atoms with Crippen LogP contribution in [0.3, 0.4) is 0 Å². The number of benzene rings is 1. The third kappa shape index (κ3) is 1.10. The van der Waals surface area contributed by atoms with Gasteiger partial charge in [0.2, 0.25) is 0 Å². The van der Waals surface area contributed by atoms with Crippen LogP contribution in [0.2, 0.25) is 0 Å². The molecule has 0 saturated carbocycles. The molecule has 1 aromatic rings. The summed E-state index contributed by atoms with van der Waals surface area (Å²) >= 11 is 0. The van der Waals surface area contributed by atoms with Crippen LogP contribution in [0.5, 0.6) is 0 Å². The van der Waals surface area contributed by atoms with Crippen LogP contribution in [0, 0.1) is 0 Å². The van der Waals surface area contributed by atoms with Gasteiger partial charge in [0.15, 0.2) is 0 Å². The third-order valence-corrected chi connectivity index (χ3v) is 4.24. The van der Waals surface area contributed by atoms with Gasteiger partial charge in [0.25, 0.3) is 8.53 Å². The zero-order valence-electron chi connectivity index (χ0n) is 8.01. The molecule has 2 heterocycles. The van der Waals surface area contributed by atoms with Gasteiger partial charge in [0.1, 0.15) is 0 Å². The molecule has 0 aromatic heterocycles. The predicted octanol–water partition coefficient (Wildman–Crippen LogP) is 2.49. The first-order valence-electron chi connectivity index (χ1n) is 4.73. The molecule has 0 aliphatic carbocycles. The van der Waals surface area contributed by atoms with Crippen molar-refractivity contribution in [2.75, 3.05) is 24.9 Å². The first-order chi connectivity index (χ1) is 6.90. The minimum Gasteiger partial charge on any atom is -0.321 e. The van der Waals surface area contributed by atoms with E-state index in [4.69, 9.17) is 9.05 Å². The number of fused-ring (bicyclic) bond motifs is 5. The Morgan fingerprint density at radius 2 is 2.36 bits per heavy atom. The molecular formula is C10H12NO2P. The second-order valence-electron chi connectivity index (χ2n) is 3.55. The summed E-state index contributed by atoms with van der Waals surface area (Å²) < 4.78 is 13.3. The highest BCUT2D eigenvalue weighted by Crippen LogP contribution is 2.56. The standard InChI is InChI=1S/C10H12NO2P/c1-12-14-11-6-8(7-13-14)9-4-2-3-5-10(9)11/h2-5,8H,6-7H2,1H3/t8-,14-/m1/s1. The van der Waals surface area contributed by atoms with Crippen molar-refractivity contribution >= 4 is 14.2 Å². The summed E-state index contributed by atoms with van der Waals surface area (Å²) in [4.78, 5) is 0. The second kappa shape index (κ2) is 3.20. The van der Waals surface area contributed by atoms with Crippen molar-refractivity contribution < 1.29 is 9.05 Å². The maximum absolute atomic E-state index is 5.67. The molecule has 2 bridgehead atoms. The topological polar surface area (TPSA) is 21.7 Å². The molecule has 3 rings (SSSR count). The normalized spacial score (nSPS) is 29.1. The van der Waals surface area contributed by atoms with Gasteiger partial charge in [-0.05, 0) is 11.6 Å². The van der Waals surface area contributed by atoms with Crippen molar-refractivity contribution in [2.24, 2.45) is 0 Å². The van der Waals surface area contributed by atoms with Crippen molar-refractivity contribution in [3.8, 4) is 0 Å². The summed E-state index contributed by atoms with van der Waals surface area (Å²) in [6.45, 7) is 1.85. The molecule has 2 aliphatic heterocycles. The first kappa shape index (κ1) is 8.66. The van der Waals surface area contributed by atoms with Crippen LogP contribution in [0.1, 0.15) is 11.5 Å². The summed E-state index contributed by atoms with van der Waals surface area (Å²) in [6, 6.07) is 8.51. The fourth-order valence-corrected chi connectivity index (χ4v) is 3.58. The fourth-order valence-electron chi connectivity index (χ4n) is 2.15. The summed E-state index contributed by atoms with van der Waals surface area (Å²) in [5, 5.41) is 0. The highest BCUT2D eigenvalue weighted by atomic mass is 31.2. The molecule has 14 heavy (non-hydrogen) atoms. The number of para-hydroxylation sites is 1. The monoisotopic (exact) mass is 209 g/mol. The Kier molecular flexibility index (Phi) is 1.98. The Labute approximate surface area is 84.6 Å². The van der Waals surface area contributed by atoms with Crippen LogP contribution in [0.25, 0.3) is 0 Å². The van der Waals surface area contributed by atoms with Crippen molar-refractivity contribution in [1.29, 1.82) is 0 Å². The quantitative estimate of drug-likeness (QED) is 0.663. The van der Waals surface area contributed by atoms with Crippen LogP contribution < -0.4 is 4.67 Å². The number of hydrogen-bond donors (Lipinski definition) is 0.